The van der Waals surface area contributed by atoms with E-state index in [4.69, 9.17) is 9.47 Å². The van der Waals surface area contributed by atoms with E-state index in [-0.39, 0.29) is 12.6 Å². The lowest BCUT2D eigenvalue weighted by atomic mass is 9.97. The van der Waals surface area contributed by atoms with Crippen LogP contribution < -0.4 is 10.1 Å². The van der Waals surface area contributed by atoms with Gasteiger partial charge in [0.25, 0.3) is 0 Å². The summed E-state index contributed by atoms with van der Waals surface area (Å²) >= 11 is 0. The quantitative estimate of drug-likeness (QED) is 0.653. The van der Waals surface area contributed by atoms with Crippen molar-refractivity contribution in [2.75, 3.05) is 53.5 Å². The van der Waals surface area contributed by atoms with Crippen LogP contribution in [0.15, 0.2) is 24.3 Å². The Morgan fingerprint density at radius 2 is 2.04 bits per heavy atom. The van der Waals surface area contributed by atoms with Crippen LogP contribution in [0.5, 0.6) is 5.75 Å². The maximum atomic E-state index is 12.2. The predicted molar refractivity (Wildman–Crippen MR) is 109 cm³/mol. The number of ether oxygens (including phenoxy) is 2. The number of urea groups is 1. The van der Waals surface area contributed by atoms with Gasteiger partial charge in [-0.1, -0.05) is 12.1 Å². The number of hydrogen-bond acceptors (Lipinski definition) is 5. The molecular formula is C21H33N3O4. The number of hydrogen-bond donors (Lipinski definition) is 1. The zero-order chi connectivity index (χ0) is 20.4. The molecular weight excluding hydrogens is 358 g/mol. The molecule has 7 heteroatoms. The molecule has 0 bridgehead atoms. The molecule has 1 aromatic carbocycles. The Morgan fingerprint density at radius 1 is 1.29 bits per heavy atom. The van der Waals surface area contributed by atoms with Crippen molar-refractivity contribution in [3.8, 4) is 5.75 Å². The molecule has 0 aliphatic carbocycles. The van der Waals surface area contributed by atoms with Crippen LogP contribution >= 0.6 is 0 Å². The summed E-state index contributed by atoms with van der Waals surface area (Å²) < 4.78 is 10.0. The van der Waals surface area contributed by atoms with Gasteiger partial charge < -0.3 is 24.6 Å². The van der Waals surface area contributed by atoms with Crippen molar-refractivity contribution in [1.29, 1.82) is 0 Å². The first-order valence-electron chi connectivity index (χ1n) is 10.0. The number of likely N-dealkylation sites (tertiary alicyclic amines) is 1. The molecule has 1 atom stereocenters. The lowest BCUT2D eigenvalue weighted by Gasteiger charge is -2.34. The van der Waals surface area contributed by atoms with Gasteiger partial charge in [-0.05, 0) is 56.3 Å². The second-order valence-electron chi connectivity index (χ2n) is 7.25. The van der Waals surface area contributed by atoms with E-state index in [0.29, 0.717) is 19.1 Å². The average Bonchev–Trinajstić information content (AvgIpc) is 2.71. The van der Waals surface area contributed by atoms with Gasteiger partial charge in [0.1, 0.15) is 12.3 Å². The fourth-order valence-corrected chi connectivity index (χ4v) is 3.55. The van der Waals surface area contributed by atoms with E-state index in [1.165, 1.54) is 5.56 Å². The predicted octanol–water partition coefficient (Wildman–Crippen LogP) is 2.15. The maximum absolute atomic E-state index is 12.2. The molecule has 1 N–H and O–H groups in total. The molecule has 0 saturated carbocycles. The molecule has 28 heavy (non-hydrogen) atoms. The van der Waals surface area contributed by atoms with E-state index >= 15 is 0 Å². The number of nitrogens with zero attached hydrogens (tertiary/aromatic N) is 2. The number of esters is 1. The van der Waals surface area contributed by atoms with Gasteiger partial charge in [0, 0.05) is 26.7 Å². The van der Waals surface area contributed by atoms with E-state index in [0.717, 1.165) is 44.6 Å². The molecule has 1 aliphatic rings. The molecule has 1 aliphatic heterocycles. The van der Waals surface area contributed by atoms with Crippen LogP contribution in [0.3, 0.4) is 0 Å². The smallest absolute Gasteiger partial charge is 0.325 e. The highest BCUT2D eigenvalue weighted by Crippen LogP contribution is 2.18. The molecule has 1 heterocycles. The highest BCUT2D eigenvalue weighted by molar-refractivity contribution is 5.80. The lowest BCUT2D eigenvalue weighted by molar-refractivity contribution is -0.141. The number of methoxy groups -OCH3 is 1. The van der Waals surface area contributed by atoms with E-state index in [9.17, 15) is 9.59 Å². The van der Waals surface area contributed by atoms with Crippen LogP contribution in [0.1, 0.15) is 25.3 Å². The molecule has 0 spiro atoms. The second-order valence-corrected chi connectivity index (χ2v) is 7.25. The average molecular weight is 392 g/mol. The van der Waals surface area contributed by atoms with E-state index in [2.05, 4.69) is 22.3 Å². The number of carbonyl (C=O) groups is 2. The van der Waals surface area contributed by atoms with Crippen LogP contribution in [0.4, 0.5) is 4.79 Å². The van der Waals surface area contributed by atoms with Crippen LogP contribution in [0.25, 0.3) is 0 Å². The highest BCUT2D eigenvalue weighted by atomic mass is 16.5. The third kappa shape index (κ3) is 7.38. The normalized spacial score (nSPS) is 17.0. The molecule has 0 radical (unpaired) electrons. The first-order valence-corrected chi connectivity index (χ1v) is 10.0. The summed E-state index contributed by atoms with van der Waals surface area (Å²) in [4.78, 5) is 27.7. The van der Waals surface area contributed by atoms with Crippen LogP contribution in [-0.2, 0) is 16.0 Å². The summed E-state index contributed by atoms with van der Waals surface area (Å²) in [5, 5.41) is 2.61. The zero-order valence-corrected chi connectivity index (χ0v) is 17.3. The molecule has 0 unspecified atom stereocenters. The van der Waals surface area contributed by atoms with Gasteiger partial charge in [-0.15, -0.1) is 0 Å². The number of carbonyl (C=O) groups excluding carboxylic acids is 2. The number of rotatable bonds is 9. The van der Waals surface area contributed by atoms with Gasteiger partial charge in [0.2, 0.25) is 0 Å². The summed E-state index contributed by atoms with van der Waals surface area (Å²) in [7, 11) is 3.45. The molecule has 156 valence electrons. The van der Waals surface area contributed by atoms with Crippen molar-refractivity contribution in [2.45, 2.75) is 26.2 Å². The number of piperidine rings is 1. The Kier molecular flexibility index (Phi) is 9.07. The Bertz CT molecular complexity index is 621. The van der Waals surface area contributed by atoms with E-state index in [1.807, 2.05) is 12.1 Å². The standard InChI is InChI=1S/C21H33N3O4/c1-4-28-20(25)14-22-21(26)23(2)15-18-6-5-12-24(16-18)13-11-17-7-9-19(27-3)10-8-17/h7-10,18H,4-6,11-16H2,1-3H3,(H,22,26)/t18-/m1/s1. The first kappa shape index (κ1) is 22.0. The van der Waals surface area contributed by atoms with Gasteiger partial charge in [-0.2, -0.15) is 0 Å². The first-order chi connectivity index (χ1) is 13.5. The van der Waals surface area contributed by atoms with Gasteiger partial charge in [-0.25, -0.2) is 4.79 Å². The van der Waals surface area contributed by atoms with Gasteiger partial charge in [0.15, 0.2) is 0 Å². The molecule has 1 saturated heterocycles. The molecule has 7 nitrogen and oxygen atoms in total. The molecule has 2 rings (SSSR count). The Morgan fingerprint density at radius 3 is 2.71 bits per heavy atom. The third-order valence-electron chi connectivity index (χ3n) is 5.05. The van der Waals surface area contributed by atoms with Crippen LogP contribution in [-0.4, -0.2) is 75.3 Å². The third-order valence-corrected chi connectivity index (χ3v) is 5.05. The highest BCUT2D eigenvalue weighted by Gasteiger charge is 2.22. The van der Waals surface area contributed by atoms with Crippen LogP contribution in [0.2, 0.25) is 0 Å². The second kappa shape index (κ2) is 11.5. The van der Waals surface area contributed by atoms with Gasteiger partial charge >= 0.3 is 12.0 Å². The minimum atomic E-state index is -0.411. The fraction of sp³-hybridized carbons (Fsp3) is 0.619. The van der Waals surface area contributed by atoms with Crippen molar-refractivity contribution in [3.05, 3.63) is 29.8 Å². The van der Waals surface area contributed by atoms with Gasteiger partial charge in [0.05, 0.1) is 13.7 Å². The largest absolute Gasteiger partial charge is 0.497 e. The molecule has 1 fully saturated rings. The van der Waals surface area contributed by atoms with Crippen LogP contribution in [0, 0.1) is 5.92 Å². The van der Waals surface area contributed by atoms with Crippen molar-refractivity contribution < 1.29 is 19.1 Å². The SMILES string of the molecule is CCOC(=O)CNC(=O)N(C)C[C@H]1CCCN(CCc2ccc(OC)cc2)C1. The minimum absolute atomic E-state index is 0.0876. The Labute approximate surface area is 168 Å². The Balaban J connectivity index is 1.72. The van der Waals surface area contributed by atoms with Crippen molar-refractivity contribution in [2.24, 2.45) is 5.92 Å². The summed E-state index contributed by atoms with van der Waals surface area (Å²) in [6, 6.07) is 7.99. The maximum Gasteiger partial charge on any atom is 0.325 e. The number of amides is 2. The summed E-state index contributed by atoms with van der Waals surface area (Å²) in [6.07, 6.45) is 3.27. The number of nitrogens with one attached hydrogen (secondary N) is 1. The summed E-state index contributed by atoms with van der Waals surface area (Å²) in [6.45, 7) is 5.77. The van der Waals surface area contributed by atoms with Gasteiger partial charge in [-0.3, -0.25) is 4.79 Å². The monoisotopic (exact) mass is 391 g/mol. The Hall–Kier alpha value is -2.28. The summed E-state index contributed by atoms with van der Waals surface area (Å²) in [5.74, 6) is 0.917. The van der Waals surface area contributed by atoms with Crippen molar-refractivity contribution >= 4 is 12.0 Å². The van der Waals surface area contributed by atoms with E-state index in [1.54, 1.807) is 26.0 Å². The lowest BCUT2D eigenvalue weighted by Crippen LogP contribution is -2.45. The summed E-state index contributed by atoms with van der Waals surface area (Å²) in [5.41, 5.74) is 1.30. The molecule has 2 amide bonds. The molecule has 1 aromatic rings. The fourth-order valence-electron chi connectivity index (χ4n) is 3.55. The molecule has 0 aromatic heterocycles. The minimum Gasteiger partial charge on any atom is -0.497 e. The topological polar surface area (TPSA) is 71.1 Å². The van der Waals surface area contributed by atoms with E-state index < -0.39 is 5.97 Å². The van der Waals surface area contributed by atoms with Crippen molar-refractivity contribution in [3.63, 3.8) is 0 Å². The zero-order valence-electron chi connectivity index (χ0n) is 17.3. The van der Waals surface area contributed by atoms with Crippen molar-refractivity contribution in [1.82, 2.24) is 15.1 Å². The number of benzene rings is 1.